The summed E-state index contributed by atoms with van der Waals surface area (Å²) in [5.74, 6) is -0.397. The van der Waals surface area contributed by atoms with Gasteiger partial charge in [0.2, 0.25) is 0 Å². The average Bonchev–Trinajstić information content (AvgIpc) is 2.12. The highest BCUT2D eigenvalue weighted by Crippen LogP contribution is 2.20. The SMILES string of the molecule is CCOC(=O)Cc1c(Cl)ncnc1Cl. The van der Waals surface area contributed by atoms with Crippen LogP contribution in [0.25, 0.3) is 0 Å². The number of halogens is 2. The lowest BCUT2D eigenvalue weighted by atomic mass is 10.2. The molecule has 1 aromatic rings. The Morgan fingerprint density at radius 1 is 1.43 bits per heavy atom. The maximum absolute atomic E-state index is 11.1. The Hall–Kier alpha value is -0.870. The summed E-state index contributed by atoms with van der Waals surface area (Å²) in [5, 5.41) is 0.358. The molecule has 0 radical (unpaired) electrons. The number of hydrogen-bond acceptors (Lipinski definition) is 4. The molecular weight excluding hydrogens is 227 g/mol. The minimum atomic E-state index is -0.397. The molecule has 6 heteroatoms. The van der Waals surface area contributed by atoms with Gasteiger partial charge < -0.3 is 4.74 Å². The highest BCUT2D eigenvalue weighted by atomic mass is 35.5. The van der Waals surface area contributed by atoms with Crippen molar-refractivity contribution in [3.63, 3.8) is 0 Å². The Balaban J connectivity index is 2.80. The van der Waals surface area contributed by atoms with Crippen LogP contribution in [0.3, 0.4) is 0 Å². The van der Waals surface area contributed by atoms with Crippen LogP contribution in [-0.2, 0) is 16.0 Å². The van der Waals surface area contributed by atoms with E-state index in [2.05, 4.69) is 9.97 Å². The number of nitrogens with zero attached hydrogens (tertiary/aromatic N) is 2. The van der Waals surface area contributed by atoms with Gasteiger partial charge >= 0.3 is 5.97 Å². The zero-order valence-corrected chi connectivity index (χ0v) is 8.97. The fourth-order valence-electron chi connectivity index (χ4n) is 0.873. The van der Waals surface area contributed by atoms with Crippen molar-refractivity contribution in [2.24, 2.45) is 0 Å². The van der Waals surface area contributed by atoms with Gasteiger partial charge in [0.05, 0.1) is 13.0 Å². The lowest BCUT2D eigenvalue weighted by Crippen LogP contribution is -2.09. The summed E-state index contributed by atoms with van der Waals surface area (Å²) in [6.45, 7) is 2.05. The number of hydrogen-bond donors (Lipinski definition) is 0. The predicted octanol–water partition coefficient (Wildman–Crippen LogP) is 1.89. The molecule has 0 saturated carbocycles. The van der Waals surface area contributed by atoms with E-state index in [1.807, 2.05) is 0 Å². The highest BCUT2D eigenvalue weighted by molar-refractivity contribution is 6.34. The number of esters is 1. The predicted molar refractivity (Wildman–Crippen MR) is 52.4 cm³/mol. The normalized spacial score (nSPS) is 9.93. The zero-order chi connectivity index (χ0) is 10.6. The van der Waals surface area contributed by atoms with E-state index in [1.165, 1.54) is 6.33 Å². The van der Waals surface area contributed by atoms with Crippen molar-refractivity contribution in [2.75, 3.05) is 6.61 Å². The van der Waals surface area contributed by atoms with Crippen molar-refractivity contribution < 1.29 is 9.53 Å². The van der Waals surface area contributed by atoms with Gasteiger partial charge in [-0.2, -0.15) is 0 Å². The highest BCUT2D eigenvalue weighted by Gasteiger charge is 2.13. The van der Waals surface area contributed by atoms with Crippen LogP contribution < -0.4 is 0 Å². The van der Waals surface area contributed by atoms with E-state index < -0.39 is 5.97 Å². The molecule has 1 aromatic heterocycles. The standard InChI is InChI=1S/C8H8Cl2N2O2/c1-2-14-6(13)3-5-7(9)11-4-12-8(5)10/h4H,2-3H2,1H3. The van der Waals surface area contributed by atoms with Crippen molar-refractivity contribution in [3.8, 4) is 0 Å². The molecule has 1 heterocycles. The van der Waals surface area contributed by atoms with E-state index in [0.717, 1.165) is 0 Å². The quantitative estimate of drug-likeness (QED) is 0.592. The maximum Gasteiger partial charge on any atom is 0.310 e. The molecule has 0 spiro atoms. The maximum atomic E-state index is 11.1. The van der Waals surface area contributed by atoms with Gasteiger partial charge in [-0.05, 0) is 6.92 Å². The lowest BCUT2D eigenvalue weighted by molar-refractivity contribution is -0.142. The van der Waals surface area contributed by atoms with Gasteiger partial charge in [-0.25, -0.2) is 9.97 Å². The summed E-state index contributed by atoms with van der Waals surface area (Å²) < 4.78 is 4.74. The molecular formula is C8H8Cl2N2O2. The second-order valence-corrected chi connectivity index (χ2v) is 3.13. The molecule has 0 amide bonds. The van der Waals surface area contributed by atoms with Gasteiger partial charge in [0, 0.05) is 5.56 Å². The third-order valence-corrected chi connectivity index (χ3v) is 2.12. The van der Waals surface area contributed by atoms with Crippen LogP contribution in [0.4, 0.5) is 0 Å². The summed E-state index contributed by atoms with van der Waals surface area (Å²) in [7, 11) is 0. The second-order valence-electron chi connectivity index (χ2n) is 2.42. The molecule has 0 aromatic carbocycles. The van der Waals surface area contributed by atoms with Crippen LogP contribution in [-0.4, -0.2) is 22.5 Å². The van der Waals surface area contributed by atoms with Crippen LogP contribution in [0.5, 0.6) is 0 Å². The van der Waals surface area contributed by atoms with E-state index in [0.29, 0.717) is 12.2 Å². The summed E-state index contributed by atoms with van der Waals surface area (Å²) in [4.78, 5) is 18.6. The Morgan fingerprint density at radius 3 is 2.50 bits per heavy atom. The van der Waals surface area contributed by atoms with Gasteiger partial charge in [-0.1, -0.05) is 23.2 Å². The van der Waals surface area contributed by atoms with E-state index in [9.17, 15) is 4.79 Å². The Kier molecular flexibility index (Phi) is 4.10. The summed E-state index contributed by atoms with van der Waals surface area (Å²) in [5.41, 5.74) is 0.397. The molecule has 76 valence electrons. The van der Waals surface area contributed by atoms with Gasteiger partial charge in [0.25, 0.3) is 0 Å². The summed E-state index contributed by atoms with van der Waals surface area (Å²) in [6.07, 6.45) is 1.23. The van der Waals surface area contributed by atoms with Crippen LogP contribution in [0, 0.1) is 0 Å². The summed E-state index contributed by atoms with van der Waals surface area (Å²) >= 11 is 11.5. The molecule has 0 aliphatic carbocycles. The smallest absolute Gasteiger partial charge is 0.310 e. The third-order valence-electron chi connectivity index (χ3n) is 1.47. The summed E-state index contributed by atoms with van der Waals surface area (Å²) in [6, 6.07) is 0. The molecule has 0 atom stereocenters. The fourth-order valence-corrected chi connectivity index (χ4v) is 1.32. The van der Waals surface area contributed by atoms with Crippen molar-refractivity contribution in [2.45, 2.75) is 13.3 Å². The largest absolute Gasteiger partial charge is 0.466 e. The van der Waals surface area contributed by atoms with Gasteiger partial charge in [-0.3, -0.25) is 4.79 Å². The first-order valence-electron chi connectivity index (χ1n) is 3.95. The Bertz CT molecular complexity index is 324. The van der Waals surface area contributed by atoms with Crippen molar-refractivity contribution in [1.29, 1.82) is 0 Å². The third kappa shape index (κ3) is 2.82. The Labute approximate surface area is 91.2 Å². The van der Waals surface area contributed by atoms with Gasteiger partial charge in [-0.15, -0.1) is 0 Å². The molecule has 0 fully saturated rings. The lowest BCUT2D eigenvalue weighted by Gasteiger charge is -2.04. The van der Waals surface area contributed by atoms with Gasteiger partial charge in [0.1, 0.15) is 16.6 Å². The zero-order valence-electron chi connectivity index (χ0n) is 7.46. The monoisotopic (exact) mass is 234 g/mol. The first-order chi connectivity index (χ1) is 6.65. The molecule has 0 saturated heterocycles. The minimum Gasteiger partial charge on any atom is -0.466 e. The van der Waals surface area contributed by atoms with Crippen molar-refractivity contribution in [1.82, 2.24) is 9.97 Å². The fraction of sp³-hybridized carbons (Fsp3) is 0.375. The molecule has 0 bridgehead atoms. The topological polar surface area (TPSA) is 52.1 Å². The number of carbonyl (C=O) groups is 1. The molecule has 4 nitrogen and oxygen atoms in total. The number of ether oxygens (including phenoxy) is 1. The first kappa shape index (κ1) is 11.2. The minimum absolute atomic E-state index is 0.00759. The van der Waals surface area contributed by atoms with Gasteiger partial charge in [0.15, 0.2) is 0 Å². The molecule has 0 aliphatic heterocycles. The second kappa shape index (κ2) is 5.12. The van der Waals surface area contributed by atoms with E-state index >= 15 is 0 Å². The van der Waals surface area contributed by atoms with E-state index in [4.69, 9.17) is 27.9 Å². The van der Waals surface area contributed by atoms with Crippen LogP contribution >= 0.6 is 23.2 Å². The number of aromatic nitrogens is 2. The van der Waals surface area contributed by atoms with Crippen molar-refractivity contribution in [3.05, 3.63) is 22.2 Å². The number of rotatable bonds is 3. The van der Waals surface area contributed by atoms with E-state index in [-0.39, 0.29) is 16.7 Å². The van der Waals surface area contributed by atoms with E-state index in [1.54, 1.807) is 6.92 Å². The average molecular weight is 235 g/mol. The molecule has 0 unspecified atom stereocenters. The number of carbonyl (C=O) groups excluding carboxylic acids is 1. The molecule has 0 N–H and O–H groups in total. The van der Waals surface area contributed by atoms with Crippen LogP contribution in [0.15, 0.2) is 6.33 Å². The van der Waals surface area contributed by atoms with Crippen LogP contribution in [0.1, 0.15) is 12.5 Å². The molecule has 1 rings (SSSR count). The Morgan fingerprint density at radius 2 is 2.00 bits per heavy atom. The molecule has 0 aliphatic rings. The molecule has 14 heavy (non-hydrogen) atoms. The van der Waals surface area contributed by atoms with Crippen LogP contribution in [0.2, 0.25) is 10.3 Å². The van der Waals surface area contributed by atoms with Crippen molar-refractivity contribution >= 4 is 29.2 Å². The first-order valence-corrected chi connectivity index (χ1v) is 4.71.